The zero-order chi connectivity index (χ0) is 15.7. The predicted octanol–water partition coefficient (Wildman–Crippen LogP) is 3.76. The van der Waals surface area contributed by atoms with Gasteiger partial charge in [0.1, 0.15) is 12.0 Å². The van der Waals surface area contributed by atoms with Crippen molar-refractivity contribution in [3.8, 4) is 0 Å². The van der Waals surface area contributed by atoms with Crippen LogP contribution in [0.25, 0.3) is 0 Å². The number of hydrogen-bond acceptors (Lipinski definition) is 4. The SMILES string of the molecule is COC(=O)c1coc(CNC2CC(C)(C)CC(C)(C)C2)c1. The topological polar surface area (TPSA) is 51.5 Å². The number of carbonyl (C=O) groups excluding carboxylic acids is 1. The Balaban J connectivity index is 1.93. The van der Waals surface area contributed by atoms with E-state index in [9.17, 15) is 4.79 Å². The van der Waals surface area contributed by atoms with Crippen LogP contribution in [0.4, 0.5) is 0 Å². The van der Waals surface area contributed by atoms with Gasteiger partial charge in [0.15, 0.2) is 0 Å². The Labute approximate surface area is 127 Å². The third-order valence-electron chi connectivity index (χ3n) is 4.19. The minimum atomic E-state index is -0.357. The highest BCUT2D eigenvalue weighted by atomic mass is 16.5. The van der Waals surface area contributed by atoms with E-state index in [4.69, 9.17) is 4.42 Å². The van der Waals surface area contributed by atoms with Crippen LogP contribution in [0.1, 0.15) is 63.1 Å². The molecule has 4 heteroatoms. The minimum Gasteiger partial charge on any atom is -0.467 e. The van der Waals surface area contributed by atoms with Gasteiger partial charge in [-0.05, 0) is 36.2 Å². The van der Waals surface area contributed by atoms with E-state index in [2.05, 4.69) is 37.7 Å². The molecule has 1 saturated carbocycles. The first kappa shape index (κ1) is 16.1. The molecule has 0 radical (unpaired) electrons. The molecule has 0 spiro atoms. The second kappa shape index (κ2) is 5.84. The molecule has 1 aliphatic carbocycles. The Morgan fingerprint density at radius 1 is 1.33 bits per heavy atom. The van der Waals surface area contributed by atoms with Crippen LogP contribution in [-0.2, 0) is 11.3 Å². The summed E-state index contributed by atoms with van der Waals surface area (Å²) in [6.07, 6.45) is 5.05. The molecule has 1 heterocycles. The van der Waals surface area contributed by atoms with Crippen molar-refractivity contribution in [2.45, 2.75) is 59.5 Å². The van der Waals surface area contributed by atoms with Crippen LogP contribution >= 0.6 is 0 Å². The van der Waals surface area contributed by atoms with Gasteiger partial charge < -0.3 is 14.5 Å². The van der Waals surface area contributed by atoms with Crippen molar-refractivity contribution in [3.05, 3.63) is 23.7 Å². The summed E-state index contributed by atoms with van der Waals surface area (Å²) in [6.45, 7) is 10.00. The van der Waals surface area contributed by atoms with Crippen LogP contribution in [0.15, 0.2) is 16.7 Å². The van der Waals surface area contributed by atoms with Gasteiger partial charge in [0.2, 0.25) is 0 Å². The highest BCUT2D eigenvalue weighted by molar-refractivity contribution is 5.88. The van der Waals surface area contributed by atoms with Gasteiger partial charge in [-0.3, -0.25) is 0 Å². The largest absolute Gasteiger partial charge is 0.467 e. The van der Waals surface area contributed by atoms with Crippen LogP contribution in [-0.4, -0.2) is 19.1 Å². The van der Waals surface area contributed by atoms with Crippen molar-refractivity contribution >= 4 is 5.97 Å². The van der Waals surface area contributed by atoms with E-state index in [1.807, 2.05) is 0 Å². The lowest BCUT2D eigenvalue weighted by Gasteiger charge is -2.45. The Morgan fingerprint density at radius 3 is 2.52 bits per heavy atom. The van der Waals surface area contributed by atoms with Crippen molar-refractivity contribution in [2.24, 2.45) is 10.8 Å². The number of ether oxygens (including phenoxy) is 1. The van der Waals surface area contributed by atoms with Crippen molar-refractivity contribution < 1.29 is 13.9 Å². The molecule has 0 atom stereocenters. The lowest BCUT2D eigenvalue weighted by Crippen LogP contribution is -2.43. The number of esters is 1. The third-order valence-corrected chi connectivity index (χ3v) is 4.19. The quantitative estimate of drug-likeness (QED) is 0.859. The molecule has 118 valence electrons. The zero-order valence-electron chi connectivity index (χ0n) is 13.8. The summed E-state index contributed by atoms with van der Waals surface area (Å²) < 4.78 is 10.1. The molecule has 0 amide bonds. The maximum absolute atomic E-state index is 11.4. The molecule has 1 N–H and O–H groups in total. The van der Waals surface area contributed by atoms with Crippen molar-refractivity contribution in [2.75, 3.05) is 7.11 Å². The summed E-state index contributed by atoms with van der Waals surface area (Å²) >= 11 is 0. The molecule has 0 aliphatic heterocycles. The summed E-state index contributed by atoms with van der Waals surface area (Å²) in [5.74, 6) is 0.418. The standard InChI is InChI=1S/C17H27NO3/c1-16(2)7-13(8-17(3,4)11-16)18-9-14-6-12(10-21-14)15(19)20-5/h6,10,13,18H,7-9,11H2,1-5H3. The van der Waals surface area contributed by atoms with E-state index < -0.39 is 0 Å². The zero-order valence-corrected chi connectivity index (χ0v) is 13.8. The van der Waals surface area contributed by atoms with E-state index in [1.54, 1.807) is 6.07 Å². The summed E-state index contributed by atoms with van der Waals surface area (Å²) in [5, 5.41) is 3.57. The summed E-state index contributed by atoms with van der Waals surface area (Å²) in [4.78, 5) is 11.4. The highest BCUT2D eigenvalue weighted by Gasteiger charge is 2.38. The van der Waals surface area contributed by atoms with Gasteiger partial charge in [0.05, 0.1) is 19.2 Å². The first-order valence-electron chi connectivity index (χ1n) is 7.60. The number of rotatable bonds is 4. The van der Waals surface area contributed by atoms with Crippen LogP contribution < -0.4 is 5.32 Å². The summed E-state index contributed by atoms with van der Waals surface area (Å²) in [7, 11) is 1.37. The summed E-state index contributed by atoms with van der Waals surface area (Å²) in [5.41, 5.74) is 1.19. The Bertz CT molecular complexity index is 486. The Hall–Kier alpha value is -1.29. The monoisotopic (exact) mass is 293 g/mol. The van der Waals surface area contributed by atoms with Gasteiger partial charge in [-0.15, -0.1) is 0 Å². The van der Waals surface area contributed by atoms with E-state index in [0.717, 1.165) is 5.76 Å². The molecule has 0 bridgehead atoms. The lowest BCUT2D eigenvalue weighted by molar-refractivity contribution is 0.0600. The van der Waals surface area contributed by atoms with E-state index >= 15 is 0 Å². The number of furan rings is 1. The molecular formula is C17H27NO3. The first-order valence-corrected chi connectivity index (χ1v) is 7.60. The van der Waals surface area contributed by atoms with Crippen molar-refractivity contribution in [1.82, 2.24) is 5.32 Å². The maximum atomic E-state index is 11.4. The lowest BCUT2D eigenvalue weighted by atomic mass is 9.63. The number of nitrogens with one attached hydrogen (secondary N) is 1. The third kappa shape index (κ3) is 4.34. The minimum absolute atomic E-state index is 0.357. The van der Waals surface area contributed by atoms with E-state index in [-0.39, 0.29) is 5.97 Å². The Kier molecular flexibility index (Phi) is 4.47. The normalized spacial score (nSPS) is 21.2. The highest BCUT2D eigenvalue weighted by Crippen LogP contribution is 2.45. The molecule has 0 saturated heterocycles. The van der Waals surface area contributed by atoms with Crippen LogP contribution in [0.5, 0.6) is 0 Å². The number of hydrogen-bond donors (Lipinski definition) is 1. The smallest absolute Gasteiger partial charge is 0.341 e. The molecule has 1 aromatic rings. The van der Waals surface area contributed by atoms with E-state index in [0.29, 0.717) is 29.0 Å². The van der Waals surface area contributed by atoms with Crippen molar-refractivity contribution in [1.29, 1.82) is 0 Å². The number of carbonyl (C=O) groups is 1. The van der Waals surface area contributed by atoms with Crippen LogP contribution in [0, 0.1) is 10.8 Å². The fourth-order valence-corrected chi connectivity index (χ4v) is 3.93. The molecule has 4 nitrogen and oxygen atoms in total. The molecule has 0 aromatic carbocycles. The summed E-state index contributed by atoms with van der Waals surface area (Å²) in [6, 6.07) is 2.23. The van der Waals surface area contributed by atoms with Gasteiger partial charge in [-0.2, -0.15) is 0 Å². The Morgan fingerprint density at radius 2 is 1.95 bits per heavy atom. The van der Waals surface area contributed by atoms with Crippen molar-refractivity contribution in [3.63, 3.8) is 0 Å². The molecule has 21 heavy (non-hydrogen) atoms. The molecule has 1 aliphatic rings. The van der Waals surface area contributed by atoms with Gasteiger partial charge in [0.25, 0.3) is 0 Å². The number of methoxy groups -OCH3 is 1. The fourth-order valence-electron chi connectivity index (χ4n) is 3.93. The second-order valence-corrected chi connectivity index (χ2v) is 7.78. The predicted molar refractivity (Wildman–Crippen MR) is 82.1 cm³/mol. The second-order valence-electron chi connectivity index (χ2n) is 7.78. The first-order chi connectivity index (χ1) is 9.71. The van der Waals surface area contributed by atoms with Crippen LogP contribution in [0.2, 0.25) is 0 Å². The van der Waals surface area contributed by atoms with E-state index in [1.165, 1.54) is 32.6 Å². The maximum Gasteiger partial charge on any atom is 0.341 e. The molecular weight excluding hydrogens is 266 g/mol. The van der Waals surface area contributed by atoms with Gasteiger partial charge >= 0.3 is 5.97 Å². The molecule has 2 rings (SSSR count). The fraction of sp³-hybridized carbons (Fsp3) is 0.706. The molecule has 1 aromatic heterocycles. The van der Waals surface area contributed by atoms with Gasteiger partial charge in [-0.25, -0.2) is 4.79 Å². The average Bonchev–Trinajstić information content (AvgIpc) is 2.80. The van der Waals surface area contributed by atoms with Crippen LogP contribution in [0.3, 0.4) is 0 Å². The van der Waals surface area contributed by atoms with Gasteiger partial charge in [0, 0.05) is 6.04 Å². The average molecular weight is 293 g/mol. The van der Waals surface area contributed by atoms with Gasteiger partial charge in [-0.1, -0.05) is 27.7 Å². The molecule has 1 fully saturated rings. The molecule has 0 unspecified atom stereocenters.